The molecule has 2 nitrogen and oxygen atoms in total. The van der Waals surface area contributed by atoms with Crippen LogP contribution in [0.2, 0.25) is 0 Å². The van der Waals surface area contributed by atoms with Crippen molar-refractivity contribution in [1.29, 1.82) is 0 Å². The van der Waals surface area contributed by atoms with Crippen molar-refractivity contribution in [3.63, 3.8) is 0 Å². The molecule has 3 rings (SSSR count). The Morgan fingerprint density at radius 1 is 1.04 bits per heavy atom. The molecule has 2 atom stereocenters. The lowest BCUT2D eigenvalue weighted by Gasteiger charge is -2.29. The number of anilines is 1. The van der Waals surface area contributed by atoms with Crippen molar-refractivity contribution in [3.8, 4) is 0 Å². The predicted molar refractivity (Wildman–Crippen MR) is 102 cm³/mol. The number of hydrogen-bond donors (Lipinski definition) is 1. The van der Waals surface area contributed by atoms with Crippen LogP contribution in [0, 0.1) is 5.92 Å². The Hall–Kier alpha value is -1.61. The van der Waals surface area contributed by atoms with Crippen LogP contribution in [-0.4, -0.2) is 18.8 Å². The third-order valence-corrected chi connectivity index (χ3v) is 4.97. The van der Waals surface area contributed by atoms with Crippen LogP contribution in [0.15, 0.2) is 64.1 Å². The van der Waals surface area contributed by atoms with E-state index in [2.05, 4.69) is 69.8 Å². The second-order valence-electron chi connectivity index (χ2n) is 6.19. The second-order valence-corrected chi connectivity index (χ2v) is 7.11. The van der Waals surface area contributed by atoms with Crippen LogP contribution in [-0.2, 0) is 0 Å². The van der Waals surface area contributed by atoms with Crippen LogP contribution >= 0.6 is 15.9 Å². The molecule has 1 saturated carbocycles. The highest BCUT2D eigenvalue weighted by Gasteiger charge is 2.23. The quantitative estimate of drug-likeness (QED) is 0.686. The molecule has 0 amide bonds. The molecule has 0 aromatic heterocycles. The first-order chi connectivity index (χ1) is 11.3. The van der Waals surface area contributed by atoms with Crippen LogP contribution in [0.4, 0.5) is 5.69 Å². The molecule has 0 bridgehead atoms. The molecule has 0 radical (unpaired) electrons. The summed E-state index contributed by atoms with van der Waals surface area (Å²) in [7, 11) is 0. The fourth-order valence-electron chi connectivity index (χ4n) is 3.20. The highest BCUT2D eigenvalue weighted by atomic mass is 79.9. The number of aliphatic imine (C=N–C) groups is 1. The Labute approximate surface area is 147 Å². The van der Waals surface area contributed by atoms with Crippen LogP contribution < -0.4 is 5.32 Å². The molecule has 1 fully saturated rings. The van der Waals surface area contributed by atoms with E-state index < -0.39 is 0 Å². The fourth-order valence-corrected chi connectivity index (χ4v) is 3.61. The van der Waals surface area contributed by atoms with Crippen molar-refractivity contribution in [3.05, 3.63) is 64.6 Å². The molecule has 2 aromatic carbocycles. The Morgan fingerprint density at radius 2 is 1.87 bits per heavy atom. The summed E-state index contributed by atoms with van der Waals surface area (Å²) in [6.07, 6.45) is 7.12. The third-order valence-electron chi connectivity index (χ3n) is 4.47. The lowest BCUT2D eigenvalue weighted by atomic mass is 9.84. The summed E-state index contributed by atoms with van der Waals surface area (Å²) >= 11 is 3.52. The first-order valence-corrected chi connectivity index (χ1v) is 9.18. The monoisotopic (exact) mass is 370 g/mol. The Bertz CT molecular complexity index is 639. The number of nitrogens with one attached hydrogen (secondary N) is 1. The van der Waals surface area contributed by atoms with Crippen LogP contribution in [0.3, 0.4) is 0 Å². The van der Waals surface area contributed by atoms with E-state index in [1.807, 2.05) is 12.3 Å². The SMILES string of the molecule is Brc1cccc(C=N[C@H]2CCCC[C@@H]2CNc2ccccc2)c1. The first kappa shape index (κ1) is 16.3. The summed E-state index contributed by atoms with van der Waals surface area (Å²) in [6, 6.07) is 19.2. The van der Waals surface area contributed by atoms with Gasteiger partial charge in [0.1, 0.15) is 0 Å². The van der Waals surface area contributed by atoms with Gasteiger partial charge < -0.3 is 5.32 Å². The molecular formula is C20H23BrN2. The fraction of sp³-hybridized carbons (Fsp3) is 0.350. The Kier molecular flexibility index (Phi) is 5.87. The van der Waals surface area contributed by atoms with Gasteiger partial charge in [-0.15, -0.1) is 0 Å². The lowest BCUT2D eigenvalue weighted by molar-refractivity contribution is 0.324. The van der Waals surface area contributed by atoms with E-state index in [0.717, 1.165) is 11.0 Å². The largest absolute Gasteiger partial charge is 0.385 e. The Balaban J connectivity index is 1.62. The van der Waals surface area contributed by atoms with E-state index >= 15 is 0 Å². The van der Waals surface area contributed by atoms with Crippen molar-refractivity contribution in [2.24, 2.45) is 10.9 Å². The van der Waals surface area contributed by atoms with Crippen molar-refractivity contribution in [2.75, 3.05) is 11.9 Å². The number of nitrogens with zero attached hydrogens (tertiary/aromatic N) is 1. The van der Waals surface area contributed by atoms with E-state index in [9.17, 15) is 0 Å². The van der Waals surface area contributed by atoms with E-state index in [1.165, 1.54) is 36.9 Å². The maximum atomic E-state index is 4.90. The zero-order chi connectivity index (χ0) is 15.9. The van der Waals surface area contributed by atoms with Gasteiger partial charge in [-0.3, -0.25) is 4.99 Å². The van der Waals surface area contributed by atoms with Gasteiger partial charge in [0.15, 0.2) is 0 Å². The van der Waals surface area contributed by atoms with Gasteiger partial charge in [0.25, 0.3) is 0 Å². The summed E-state index contributed by atoms with van der Waals surface area (Å²) < 4.78 is 1.10. The highest BCUT2D eigenvalue weighted by Crippen LogP contribution is 2.27. The third kappa shape index (κ3) is 4.93. The molecular weight excluding hydrogens is 348 g/mol. The number of rotatable bonds is 5. The van der Waals surface area contributed by atoms with Crippen molar-refractivity contribution in [1.82, 2.24) is 0 Å². The van der Waals surface area contributed by atoms with Crippen molar-refractivity contribution < 1.29 is 0 Å². The first-order valence-electron chi connectivity index (χ1n) is 8.39. The molecule has 2 aromatic rings. The van der Waals surface area contributed by atoms with Crippen LogP contribution in [0.25, 0.3) is 0 Å². The van der Waals surface area contributed by atoms with Gasteiger partial charge in [-0.25, -0.2) is 0 Å². The van der Waals surface area contributed by atoms with Gasteiger partial charge >= 0.3 is 0 Å². The van der Waals surface area contributed by atoms with Gasteiger partial charge in [-0.05, 0) is 48.6 Å². The van der Waals surface area contributed by atoms with Crippen molar-refractivity contribution in [2.45, 2.75) is 31.7 Å². The smallest absolute Gasteiger partial charge is 0.0544 e. The molecule has 3 heteroatoms. The van der Waals surface area contributed by atoms with Crippen LogP contribution in [0.5, 0.6) is 0 Å². The molecule has 0 aliphatic heterocycles. The molecule has 0 unspecified atom stereocenters. The molecule has 0 spiro atoms. The molecule has 1 aliphatic carbocycles. The number of benzene rings is 2. The second kappa shape index (κ2) is 8.30. The van der Waals surface area contributed by atoms with E-state index in [4.69, 9.17) is 4.99 Å². The minimum Gasteiger partial charge on any atom is -0.385 e. The molecule has 23 heavy (non-hydrogen) atoms. The molecule has 1 N–H and O–H groups in total. The predicted octanol–water partition coefficient (Wildman–Crippen LogP) is 5.54. The average Bonchev–Trinajstić information content (AvgIpc) is 2.60. The molecule has 1 aliphatic rings. The molecule has 0 saturated heterocycles. The summed E-state index contributed by atoms with van der Waals surface area (Å²) in [4.78, 5) is 4.90. The Morgan fingerprint density at radius 3 is 2.70 bits per heavy atom. The van der Waals surface area contributed by atoms with Crippen molar-refractivity contribution >= 4 is 27.8 Å². The minimum absolute atomic E-state index is 0.430. The maximum Gasteiger partial charge on any atom is 0.0544 e. The topological polar surface area (TPSA) is 24.4 Å². The van der Waals surface area contributed by atoms with Gasteiger partial charge in [0.2, 0.25) is 0 Å². The molecule has 120 valence electrons. The standard InChI is InChI=1S/C20H23BrN2/c21-18-9-6-7-16(13-18)14-23-20-12-5-4-8-17(20)15-22-19-10-2-1-3-11-19/h1-3,6-7,9-11,13-14,17,20,22H,4-5,8,12,15H2/t17-,20+/m1/s1. The summed E-state index contributed by atoms with van der Waals surface area (Å²) in [5.41, 5.74) is 2.37. The van der Waals surface area contributed by atoms with Gasteiger partial charge in [0, 0.05) is 22.9 Å². The van der Waals surface area contributed by atoms with Gasteiger partial charge in [-0.2, -0.15) is 0 Å². The van der Waals surface area contributed by atoms with E-state index in [1.54, 1.807) is 0 Å². The highest BCUT2D eigenvalue weighted by molar-refractivity contribution is 9.10. The zero-order valence-corrected chi connectivity index (χ0v) is 14.9. The summed E-state index contributed by atoms with van der Waals surface area (Å²) in [5.74, 6) is 0.618. The number of hydrogen-bond acceptors (Lipinski definition) is 2. The molecule has 0 heterocycles. The average molecular weight is 371 g/mol. The minimum atomic E-state index is 0.430. The number of para-hydroxylation sites is 1. The van der Waals surface area contributed by atoms with Gasteiger partial charge in [-0.1, -0.05) is 59.1 Å². The van der Waals surface area contributed by atoms with Gasteiger partial charge in [0.05, 0.1) is 6.04 Å². The zero-order valence-electron chi connectivity index (χ0n) is 13.3. The maximum absolute atomic E-state index is 4.90. The lowest BCUT2D eigenvalue weighted by Crippen LogP contribution is -2.29. The van der Waals surface area contributed by atoms with E-state index in [0.29, 0.717) is 12.0 Å². The normalized spacial score (nSPS) is 21.4. The summed E-state index contributed by atoms with van der Waals surface area (Å²) in [6.45, 7) is 1.00. The summed E-state index contributed by atoms with van der Waals surface area (Å²) in [5, 5.41) is 3.57. The van der Waals surface area contributed by atoms with E-state index in [-0.39, 0.29) is 0 Å². The van der Waals surface area contributed by atoms with Crippen LogP contribution in [0.1, 0.15) is 31.2 Å². The number of halogens is 1.